The van der Waals surface area contributed by atoms with Gasteiger partial charge in [0.15, 0.2) is 11.5 Å². The van der Waals surface area contributed by atoms with E-state index >= 15 is 0 Å². The number of benzene rings is 2. The highest BCUT2D eigenvalue weighted by Gasteiger charge is 2.12. The molecule has 0 fully saturated rings. The number of methoxy groups -OCH3 is 1. The average Bonchev–Trinajstić information content (AvgIpc) is 2.69. The van der Waals surface area contributed by atoms with Crippen molar-refractivity contribution in [3.63, 3.8) is 0 Å². The number of para-hydroxylation sites is 1. The highest BCUT2D eigenvalue weighted by Crippen LogP contribution is 2.29. The molecule has 7 nitrogen and oxygen atoms in total. The Morgan fingerprint density at radius 3 is 2.75 bits per heavy atom. The lowest BCUT2D eigenvalue weighted by molar-refractivity contribution is -0.121. The zero-order valence-electron chi connectivity index (χ0n) is 14.9. The average molecular weight is 389 g/mol. The van der Waals surface area contributed by atoms with Crippen LogP contribution in [0, 0.1) is 0 Å². The molecule has 3 aromatic rings. The summed E-state index contributed by atoms with van der Waals surface area (Å²) in [6.07, 6.45) is 1.17. The van der Waals surface area contributed by atoms with Crippen LogP contribution in [-0.4, -0.2) is 29.4 Å². The molecule has 0 saturated carbocycles. The first kappa shape index (κ1) is 19.3. The van der Waals surface area contributed by atoms with Crippen molar-refractivity contribution in [3.05, 3.63) is 64.4 Å². The molecule has 28 heavy (non-hydrogen) atoms. The molecule has 0 aliphatic rings. The number of alkyl halides is 2. The van der Waals surface area contributed by atoms with E-state index < -0.39 is 6.61 Å². The fourth-order valence-corrected chi connectivity index (χ4v) is 2.69. The topological polar surface area (TPSA) is 82.5 Å². The maximum absolute atomic E-state index is 12.4. The molecule has 1 heterocycles. The minimum Gasteiger partial charge on any atom is -0.493 e. The third-order valence-corrected chi connectivity index (χ3v) is 3.99. The number of fused-ring (bicyclic) bond motifs is 1. The molecule has 146 valence electrons. The summed E-state index contributed by atoms with van der Waals surface area (Å²) in [6, 6.07) is 11.3. The zero-order valence-corrected chi connectivity index (χ0v) is 14.9. The summed E-state index contributed by atoms with van der Waals surface area (Å²) in [5.74, 6) is -0.273. The third kappa shape index (κ3) is 4.43. The summed E-state index contributed by atoms with van der Waals surface area (Å²) in [6.45, 7) is -2.88. The summed E-state index contributed by atoms with van der Waals surface area (Å²) < 4.78 is 35.6. The molecule has 0 spiro atoms. The van der Waals surface area contributed by atoms with E-state index in [0.29, 0.717) is 16.5 Å². The molecule has 1 amide bonds. The van der Waals surface area contributed by atoms with Gasteiger partial charge in [0.25, 0.3) is 0 Å². The van der Waals surface area contributed by atoms with Gasteiger partial charge in [0, 0.05) is 11.9 Å². The van der Waals surface area contributed by atoms with Crippen LogP contribution in [-0.2, 0) is 17.9 Å². The van der Waals surface area contributed by atoms with Gasteiger partial charge in [0.05, 0.1) is 18.8 Å². The number of carbonyl (C=O) groups is 1. The maximum Gasteiger partial charge on any atom is 0.387 e. The molecule has 0 atom stereocenters. The molecular weight excluding hydrogens is 372 g/mol. The second-order valence-electron chi connectivity index (χ2n) is 5.82. The summed E-state index contributed by atoms with van der Waals surface area (Å²) in [4.78, 5) is 24.1. The lowest BCUT2D eigenvalue weighted by Crippen LogP contribution is -2.28. The van der Waals surface area contributed by atoms with Crippen LogP contribution in [0.25, 0.3) is 10.9 Å². The van der Waals surface area contributed by atoms with E-state index in [9.17, 15) is 18.4 Å². The quantitative estimate of drug-likeness (QED) is 0.671. The first-order chi connectivity index (χ1) is 13.5. The number of aromatic nitrogens is 2. The number of nitrogens with zero attached hydrogens (tertiary/aromatic N) is 2. The van der Waals surface area contributed by atoms with Crippen molar-refractivity contribution in [2.75, 3.05) is 7.11 Å². The number of carbonyl (C=O) groups excluding carboxylic acids is 1. The molecule has 3 rings (SSSR count). The summed E-state index contributed by atoms with van der Waals surface area (Å²) in [5.41, 5.74) is 0.982. The van der Waals surface area contributed by atoms with Crippen molar-refractivity contribution in [3.8, 4) is 11.5 Å². The van der Waals surface area contributed by atoms with E-state index in [1.165, 1.54) is 30.1 Å². The molecule has 0 aliphatic heterocycles. The Hall–Kier alpha value is -3.49. The highest BCUT2D eigenvalue weighted by molar-refractivity contribution is 5.81. The second-order valence-corrected chi connectivity index (χ2v) is 5.82. The van der Waals surface area contributed by atoms with Gasteiger partial charge in [0.2, 0.25) is 11.3 Å². The van der Waals surface area contributed by atoms with Gasteiger partial charge in [-0.05, 0) is 29.8 Å². The molecule has 9 heteroatoms. The Morgan fingerprint density at radius 2 is 2.00 bits per heavy atom. The molecule has 2 aromatic carbocycles. The fraction of sp³-hybridized carbons (Fsp3) is 0.211. The van der Waals surface area contributed by atoms with Crippen LogP contribution >= 0.6 is 0 Å². The SMILES string of the molecule is COc1cc(CNC(=O)Cn2ncc(=O)c3ccccc32)ccc1OC(F)F. The van der Waals surface area contributed by atoms with Gasteiger partial charge in [-0.1, -0.05) is 18.2 Å². The van der Waals surface area contributed by atoms with Crippen LogP contribution in [0.2, 0.25) is 0 Å². The summed E-state index contributed by atoms with van der Waals surface area (Å²) in [5, 5.41) is 7.20. The van der Waals surface area contributed by atoms with E-state index in [-0.39, 0.29) is 35.9 Å². The minimum absolute atomic E-state index is 0.0789. The largest absolute Gasteiger partial charge is 0.493 e. The molecule has 0 saturated heterocycles. The van der Waals surface area contributed by atoms with Crippen LogP contribution in [0.4, 0.5) is 8.78 Å². The van der Waals surface area contributed by atoms with Crippen molar-refractivity contribution in [2.45, 2.75) is 19.7 Å². The van der Waals surface area contributed by atoms with Gasteiger partial charge in [-0.25, -0.2) is 0 Å². The predicted octanol–water partition coefficient (Wildman–Crippen LogP) is 2.32. The van der Waals surface area contributed by atoms with Crippen molar-refractivity contribution in [1.82, 2.24) is 15.1 Å². The highest BCUT2D eigenvalue weighted by atomic mass is 19.3. The second kappa shape index (κ2) is 8.47. The number of hydrogen-bond donors (Lipinski definition) is 1. The molecule has 1 aromatic heterocycles. The van der Waals surface area contributed by atoms with E-state index in [1.807, 2.05) is 0 Å². The van der Waals surface area contributed by atoms with E-state index in [2.05, 4.69) is 15.2 Å². The predicted molar refractivity (Wildman–Crippen MR) is 97.5 cm³/mol. The Balaban J connectivity index is 1.68. The Morgan fingerprint density at radius 1 is 1.21 bits per heavy atom. The lowest BCUT2D eigenvalue weighted by atomic mass is 10.2. The lowest BCUT2D eigenvalue weighted by Gasteiger charge is -2.12. The summed E-state index contributed by atoms with van der Waals surface area (Å²) in [7, 11) is 1.34. The van der Waals surface area contributed by atoms with Gasteiger partial charge in [0.1, 0.15) is 6.54 Å². The number of halogens is 2. The van der Waals surface area contributed by atoms with Gasteiger partial charge in [-0.15, -0.1) is 0 Å². The van der Waals surface area contributed by atoms with Gasteiger partial charge >= 0.3 is 6.61 Å². The van der Waals surface area contributed by atoms with Crippen molar-refractivity contribution in [2.24, 2.45) is 0 Å². The Bertz CT molecular complexity index is 1050. The van der Waals surface area contributed by atoms with Crippen LogP contribution < -0.4 is 20.2 Å². The van der Waals surface area contributed by atoms with E-state index in [4.69, 9.17) is 4.74 Å². The zero-order chi connectivity index (χ0) is 20.1. The summed E-state index contributed by atoms with van der Waals surface area (Å²) >= 11 is 0. The van der Waals surface area contributed by atoms with Crippen LogP contribution in [0.15, 0.2) is 53.5 Å². The molecule has 0 bridgehead atoms. The number of nitrogens with one attached hydrogen (secondary N) is 1. The van der Waals surface area contributed by atoms with Crippen LogP contribution in [0.1, 0.15) is 5.56 Å². The van der Waals surface area contributed by atoms with Gasteiger partial charge < -0.3 is 14.8 Å². The van der Waals surface area contributed by atoms with Crippen molar-refractivity contribution in [1.29, 1.82) is 0 Å². The van der Waals surface area contributed by atoms with Crippen LogP contribution in [0.5, 0.6) is 11.5 Å². The molecule has 0 aliphatic carbocycles. The normalized spacial score (nSPS) is 10.9. The third-order valence-electron chi connectivity index (χ3n) is 3.99. The van der Waals surface area contributed by atoms with Crippen molar-refractivity contribution < 1.29 is 23.0 Å². The first-order valence-electron chi connectivity index (χ1n) is 8.31. The van der Waals surface area contributed by atoms with Gasteiger partial charge in [-0.3, -0.25) is 14.3 Å². The van der Waals surface area contributed by atoms with E-state index in [1.54, 1.807) is 30.3 Å². The minimum atomic E-state index is -2.96. The van der Waals surface area contributed by atoms with Crippen LogP contribution in [0.3, 0.4) is 0 Å². The fourth-order valence-electron chi connectivity index (χ4n) is 2.69. The smallest absolute Gasteiger partial charge is 0.387 e. The van der Waals surface area contributed by atoms with Crippen molar-refractivity contribution >= 4 is 16.8 Å². The number of amides is 1. The first-order valence-corrected chi connectivity index (χ1v) is 8.31. The number of hydrogen-bond acceptors (Lipinski definition) is 5. The Kier molecular flexibility index (Phi) is 5.83. The van der Waals surface area contributed by atoms with Gasteiger partial charge in [-0.2, -0.15) is 13.9 Å². The molecule has 0 unspecified atom stereocenters. The number of rotatable bonds is 7. The maximum atomic E-state index is 12.4. The monoisotopic (exact) mass is 389 g/mol. The number of ether oxygens (including phenoxy) is 2. The molecule has 1 N–H and O–H groups in total. The van der Waals surface area contributed by atoms with E-state index in [0.717, 1.165) is 0 Å². The molecular formula is C19H17F2N3O4. The molecule has 0 radical (unpaired) electrons. The standard InChI is InChI=1S/C19H17F2N3O4/c1-27-17-8-12(6-7-16(17)28-19(20)21)9-22-18(26)11-24-14-5-3-2-4-13(14)15(25)10-23-24/h2-8,10,19H,9,11H2,1H3,(H,22,26). The Labute approximate surface area is 158 Å².